The van der Waals surface area contributed by atoms with Gasteiger partial charge in [-0.25, -0.2) is 4.79 Å². The maximum absolute atomic E-state index is 10.8. The Kier molecular flexibility index (Phi) is 10.9. The van der Waals surface area contributed by atoms with Crippen LogP contribution in [0.25, 0.3) is 0 Å². The molecule has 3 nitrogen and oxygen atoms in total. The molecular weight excluding hydrogens is 228 g/mol. The van der Waals surface area contributed by atoms with Crippen molar-refractivity contribution in [2.24, 2.45) is 5.92 Å². The Labute approximate surface area is 112 Å². The van der Waals surface area contributed by atoms with E-state index in [0.717, 1.165) is 38.5 Å². The average Bonchev–Trinajstić information content (AvgIpc) is 2.34. The number of hydrogen-bond acceptors (Lipinski definition) is 2. The molecule has 0 spiro atoms. The van der Waals surface area contributed by atoms with E-state index < -0.39 is 6.16 Å². The zero-order valence-electron chi connectivity index (χ0n) is 12.3. The third-order valence-electron chi connectivity index (χ3n) is 3.57. The second-order valence-electron chi connectivity index (χ2n) is 5.08. The lowest BCUT2D eigenvalue weighted by molar-refractivity contribution is 0.0155. The molecule has 0 aliphatic rings. The summed E-state index contributed by atoms with van der Waals surface area (Å²) in [5.41, 5.74) is 0. The van der Waals surface area contributed by atoms with Crippen LogP contribution in [0.2, 0.25) is 0 Å². The molecule has 0 aromatic rings. The molecule has 0 saturated heterocycles. The summed E-state index contributed by atoms with van der Waals surface area (Å²) in [6, 6.07) is 0. The van der Waals surface area contributed by atoms with Gasteiger partial charge in [-0.3, -0.25) is 0 Å². The Bertz CT molecular complexity index is 204. The molecule has 0 aliphatic heterocycles. The molecule has 0 rings (SSSR count). The maximum Gasteiger partial charge on any atom is 0.506 e. The van der Waals surface area contributed by atoms with Crippen LogP contribution in [0, 0.1) is 5.92 Å². The quantitative estimate of drug-likeness (QED) is 0.407. The zero-order valence-corrected chi connectivity index (χ0v) is 12.3. The number of unbranched alkanes of at least 4 members (excludes halogenated alkanes) is 4. The van der Waals surface area contributed by atoms with Crippen LogP contribution in [0.1, 0.15) is 78.6 Å². The van der Waals surface area contributed by atoms with Gasteiger partial charge in [0.25, 0.3) is 0 Å². The van der Waals surface area contributed by atoms with Gasteiger partial charge in [0.2, 0.25) is 0 Å². The highest BCUT2D eigenvalue weighted by Crippen LogP contribution is 2.24. The smallest absolute Gasteiger partial charge is 0.450 e. The van der Waals surface area contributed by atoms with Crippen LogP contribution in [0.15, 0.2) is 0 Å². The molecule has 0 bridgehead atoms. The molecule has 108 valence electrons. The highest BCUT2D eigenvalue weighted by Gasteiger charge is 2.22. The standard InChI is InChI=1S/C15H30O3/c1-4-7-9-10-12-14(18-15(16)17)13(6-3)11-8-5-2/h13-14H,4-12H2,1-3H3,(H,16,17). The highest BCUT2D eigenvalue weighted by atomic mass is 16.7. The van der Waals surface area contributed by atoms with E-state index in [9.17, 15) is 4.79 Å². The lowest BCUT2D eigenvalue weighted by Gasteiger charge is -2.25. The van der Waals surface area contributed by atoms with E-state index in [1.54, 1.807) is 0 Å². The lowest BCUT2D eigenvalue weighted by Crippen LogP contribution is -2.26. The molecule has 0 aromatic carbocycles. The first-order valence-electron chi connectivity index (χ1n) is 7.55. The molecule has 0 aliphatic carbocycles. The number of rotatable bonds is 11. The Balaban J connectivity index is 4.19. The van der Waals surface area contributed by atoms with E-state index in [2.05, 4.69) is 20.8 Å². The van der Waals surface area contributed by atoms with Crippen LogP contribution in [0.3, 0.4) is 0 Å². The van der Waals surface area contributed by atoms with Crippen LogP contribution >= 0.6 is 0 Å². The van der Waals surface area contributed by atoms with E-state index in [1.165, 1.54) is 19.3 Å². The van der Waals surface area contributed by atoms with E-state index in [-0.39, 0.29) is 6.10 Å². The summed E-state index contributed by atoms with van der Waals surface area (Å²) in [4.78, 5) is 10.8. The minimum atomic E-state index is -1.12. The zero-order chi connectivity index (χ0) is 13.8. The summed E-state index contributed by atoms with van der Waals surface area (Å²) in [5, 5.41) is 8.83. The maximum atomic E-state index is 10.8. The van der Waals surface area contributed by atoms with Crippen LogP contribution in [-0.4, -0.2) is 17.4 Å². The van der Waals surface area contributed by atoms with Gasteiger partial charge in [-0.2, -0.15) is 0 Å². The molecule has 2 atom stereocenters. The lowest BCUT2D eigenvalue weighted by atomic mass is 9.90. The number of ether oxygens (including phenoxy) is 1. The van der Waals surface area contributed by atoms with Gasteiger partial charge in [-0.05, 0) is 31.6 Å². The molecule has 0 radical (unpaired) electrons. The van der Waals surface area contributed by atoms with Gasteiger partial charge >= 0.3 is 6.16 Å². The largest absolute Gasteiger partial charge is 0.506 e. The summed E-state index contributed by atoms with van der Waals surface area (Å²) in [5.74, 6) is 0.391. The topological polar surface area (TPSA) is 46.5 Å². The van der Waals surface area contributed by atoms with Gasteiger partial charge in [-0.1, -0.05) is 52.9 Å². The van der Waals surface area contributed by atoms with Crippen molar-refractivity contribution in [3.05, 3.63) is 0 Å². The fourth-order valence-electron chi connectivity index (χ4n) is 2.41. The van der Waals surface area contributed by atoms with E-state index in [0.29, 0.717) is 5.92 Å². The second-order valence-corrected chi connectivity index (χ2v) is 5.08. The van der Waals surface area contributed by atoms with Gasteiger partial charge < -0.3 is 9.84 Å². The summed E-state index contributed by atoms with van der Waals surface area (Å²) < 4.78 is 5.10. The Morgan fingerprint density at radius 2 is 1.67 bits per heavy atom. The van der Waals surface area contributed by atoms with E-state index in [1.807, 2.05) is 0 Å². The Morgan fingerprint density at radius 1 is 1.00 bits per heavy atom. The highest BCUT2D eigenvalue weighted by molar-refractivity contribution is 5.57. The predicted octanol–water partition coefficient (Wildman–Crippen LogP) is 5.24. The molecular formula is C15H30O3. The number of carbonyl (C=O) groups is 1. The van der Waals surface area contributed by atoms with Crippen molar-refractivity contribution >= 4 is 6.16 Å². The summed E-state index contributed by atoms with van der Waals surface area (Å²) in [6.45, 7) is 6.48. The molecule has 18 heavy (non-hydrogen) atoms. The SMILES string of the molecule is CCCCCCC(OC(=O)O)C(CC)CCCC. The van der Waals surface area contributed by atoms with Gasteiger partial charge in [-0.15, -0.1) is 0 Å². The van der Waals surface area contributed by atoms with Crippen molar-refractivity contribution in [3.8, 4) is 0 Å². The fraction of sp³-hybridized carbons (Fsp3) is 0.933. The van der Waals surface area contributed by atoms with E-state index in [4.69, 9.17) is 9.84 Å². The molecule has 2 unspecified atom stereocenters. The molecule has 0 aromatic heterocycles. The Morgan fingerprint density at radius 3 is 2.17 bits per heavy atom. The normalized spacial score (nSPS) is 14.2. The van der Waals surface area contributed by atoms with Crippen LogP contribution in [0.4, 0.5) is 4.79 Å². The summed E-state index contributed by atoms with van der Waals surface area (Å²) >= 11 is 0. The van der Waals surface area contributed by atoms with Crippen molar-refractivity contribution in [1.82, 2.24) is 0 Å². The van der Waals surface area contributed by atoms with Gasteiger partial charge in [0.05, 0.1) is 0 Å². The number of carboxylic acid groups (broad SMARTS) is 1. The first-order valence-corrected chi connectivity index (χ1v) is 7.55. The Hall–Kier alpha value is -0.730. The van der Waals surface area contributed by atoms with Crippen molar-refractivity contribution in [2.75, 3.05) is 0 Å². The van der Waals surface area contributed by atoms with Crippen molar-refractivity contribution in [2.45, 2.75) is 84.7 Å². The molecule has 1 N–H and O–H groups in total. The third kappa shape index (κ3) is 8.37. The first-order chi connectivity index (χ1) is 8.65. The first kappa shape index (κ1) is 17.3. The van der Waals surface area contributed by atoms with Gasteiger partial charge in [0, 0.05) is 0 Å². The average molecular weight is 258 g/mol. The summed E-state index contributed by atoms with van der Waals surface area (Å²) in [6.07, 6.45) is 8.76. The molecule has 0 heterocycles. The van der Waals surface area contributed by atoms with Gasteiger partial charge in [0.15, 0.2) is 0 Å². The van der Waals surface area contributed by atoms with Gasteiger partial charge in [0.1, 0.15) is 6.10 Å². The van der Waals surface area contributed by atoms with Crippen molar-refractivity contribution in [1.29, 1.82) is 0 Å². The third-order valence-corrected chi connectivity index (χ3v) is 3.57. The molecule has 0 saturated carbocycles. The van der Waals surface area contributed by atoms with Crippen molar-refractivity contribution in [3.63, 3.8) is 0 Å². The minimum absolute atomic E-state index is 0.101. The summed E-state index contributed by atoms with van der Waals surface area (Å²) in [7, 11) is 0. The van der Waals surface area contributed by atoms with Crippen LogP contribution in [-0.2, 0) is 4.74 Å². The fourth-order valence-corrected chi connectivity index (χ4v) is 2.41. The second kappa shape index (κ2) is 11.4. The minimum Gasteiger partial charge on any atom is -0.450 e. The van der Waals surface area contributed by atoms with Crippen LogP contribution in [0.5, 0.6) is 0 Å². The van der Waals surface area contributed by atoms with Crippen molar-refractivity contribution < 1.29 is 14.6 Å². The monoisotopic (exact) mass is 258 g/mol. The van der Waals surface area contributed by atoms with E-state index >= 15 is 0 Å². The molecule has 0 amide bonds. The number of hydrogen-bond donors (Lipinski definition) is 1. The predicted molar refractivity (Wildman–Crippen MR) is 75.0 cm³/mol. The molecule has 0 fully saturated rings. The van der Waals surface area contributed by atoms with Crippen LogP contribution < -0.4 is 0 Å². The molecule has 3 heteroatoms.